The van der Waals surface area contributed by atoms with Crippen LogP contribution >= 0.6 is 0 Å². The number of urea groups is 1. The van der Waals surface area contributed by atoms with Crippen molar-refractivity contribution in [2.24, 2.45) is 5.10 Å². The average Bonchev–Trinajstić information content (AvgIpc) is 2.90. The molecule has 0 saturated carbocycles. The Labute approximate surface area is 152 Å². The van der Waals surface area contributed by atoms with Crippen molar-refractivity contribution in [3.8, 4) is 5.75 Å². The fourth-order valence-corrected chi connectivity index (χ4v) is 2.86. The molecule has 0 aromatic heterocycles. The second-order valence-corrected chi connectivity index (χ2v) is 6.36. The zero-order valence-electron chi connectivity index (χ0n) is 15.0. The number of amides is 3. The normalized spacial score (nSPS) is 21.1. The number of ether oxygens (including phenoxy) is 1. The largest absolute Gasteiger partial charge is 0.497 e. The molecule has 2 aromatic carbocycles. The van der Waals surface area contributed by atoms with Crippen molar-refractivity contribution in [1.82, 2.24) is 10.3 Å². The van der Waals surface area contributed by atoms with E-state index < -0.39 is 17.5 Å². The van der Waals surface area contributed by atoms with Gasteiger partial charge in [-0.25, -0.2) is 4.79 Å². The summed E-state index contributed by atoms with van der Waals surface area (Å²) in [5.41, 5.74) is 0.572. The van der Waals surface area contributed by atoms with Crippen molar-refractivity contribution >= 4 is 18.2 Å². The van der Waals surface area contributed by atoms with Crippen LogP contribution in [0, 0.1) is 0 Å². The molecule has 2 atom stereocenters. The van der Waals surface area contributed by atoms with Gasteiger partial charge in [0.15, 0.2) is 0 Å². The van der Waals surface area contributed by atoms with Gasteiger partial charge in [0.1, 0.15) is 11.3 Å². The molecule has 1 N–H and O–H groups in total. The van der Waals surface area contributed by atoms with Crippen molar-refractivity contribution in [3.63, 3.8) is 0 Å². The van der Waals surface area contributed by atoms with E-state index in [4.69, 9.17) is 4.74 Å². The van der Waals surface area contributed by atoms with Crippen molar-refractivity contribution in [1.29, 1.82) is 0 Å². The van der Waals surface area contributed by atoms with Crippen LogP contribution in [0.5, 0.6) is 5.75 Å². The number of rotatable bonds is 5. The van der Waals surface area contributed by atoms with Gasteiger partial charge < -0.3 is 10.1 Å². The van der Waals surface area contributed by atoms with Crippen LogP contribution < -0.4 is 10.1 Å². The van der Waals surface area contributed by atoms with Crippen LogP contribution in [0.15, 0.2) is 59.7 Å². The molecule has 0 bridgehead atoms. The molecule has 6 heteroatoms. The van der Waals surface area contributed by atoms with Crippen LogP contribution in [0.25, 0.3) is 0 Å². The molecule has 134 valence electrons. The summed E-state index contributed by atoms with van der Waals surface area (Å²) in [6.45, 7) is 3.63. The van der Waals surface area contributed by atoms with Crippen LogP contribution in [0.4, 0.5) is 4.79 Å². The Morgan fingerprint density at radius 2 is 1.77 bits per heavy atom. The Balaban J connectivity index is 1.80. The standard InChI is InChI=1S/C20H21N3O3/c1-14(15-7-5-4-6-8-15)13-21-23-18(24)20(2,22-19(23)25)16-9-11-17(26-3)12-10-16/h4-14H,1-3H3,(H,22,25)/b21-13-/t14-,20-/m0/s1. The summed E-state index contributed by atoms with van der Waals surface area (Å²) in [5, 5.41) is 7.76. The molecule has 3 rings (SSSR count). The van der Waals surface area contributed by atoms with E-state index in [9.17, 15) is 9.59 Å². The summed E-state index contributed by atoms with van der Waals surface area (Å²) in [6, 6.07) is 16.3. The molecule has 0 unspecified atom stereocenters. The summed E-state index contributed by atoms with van der Waals surface area (Å²) in [7, 11) is 1.57. The highest BCUT2D eigenvalue weighted by Crippen LogP contribution is 2.30. The number of carbonyl (C=O) groups excluding carboxylic acids is 2. The molecule has 6 nitrogen and oxygen atoms in total. The third-order valence-corrected chi connectivity index (χ3v) is 4.57. The second kappa shape index (κ2) is 7.00. The van der Waals surface area contributed by atoms with E-state index in [1.165, 1.54) is 0 Å². The molecule has 1 aliphatic rings. The molecule has 26 heavy (non-hydrogen) atoms. The molecule has 2 aromatic rings. The summed E-state index contributed by atoms with van der Waals surface area (Å²) in [6.07, 6.45) is 1.60. The maximum Gasteiger partial charge on any atom is 0.346 e. The highest BCUT2D eigenvalue weighted by atomic mass is 16.5. The molecular formula is C20H21N3O3. The number of hydrogen-bond acceptors (Lipinski definition) is 4. The predicted molar refractivity (Wildman–Crippen MR) is 99.1 cm³/mol. The smallest absolute Gasteiger partial charge is 0.346 e. The van der Waals surface area contributed by atoms with E-state index >= 15 is 0 Å². The molecule has 1 aliphatic heterocycles. The molecule has 0 aliphatic carbocycles. The molecule has 1 fully saturated rings. The summed E-state index contributed by atoms with van der Waals surface area (Å²) < 4.78 is 5.13. The maximum absolute atomic E-state index is 12.8. The zero-order chi connectivity index (χ0) is 18.7. The summed E-state index contributed by atoms with van der Waals surface area (Å²) in [4.78, 5) is 25.1. The third kappa shape index (κ3) is 3.18. The van der Waals surface area contributed by atoms with Gasteiger partial charge in [-0.2, -0.15) is 5.10 Å². The van der Waals surface area contributed by atoms with Gasteiger partial charge in [0.2, 0.25) is 0 Å². The molecular weight excluding hydrogens is 330 g/mol. The third-order valence-electron chi connectivity index (χ3n) is 4.57. The Morgan fingerprint density at radius 1 is 1.12 bits per heavy atom. The van der Waals surface area contributed by atoms with Gasteiger partial charge >= 0.3 is 6.03 Å². The molecule has 1 heterocycles. The Kier molecular flexibility index (Phi) is 4.75. The fourth-order valence-electron chi connectivity index (χ4n) is 2.86. The Hall–Kier alpha value is -3.15. The van der Waals surface area contributed by atoms with Crippen LogP contribution in [0.1, 0.15) is 30.9 Å². The highest BCUT2D eigenvalue weighted by molar-refractivity contribution is 6.07. The summed E-state index contributed by atoms with van der Waals surface area (Å²) >= 11 is 0. The topological polar surface area (TPSA) is 71.0 Å². The average molecular weight is 351 g/mol. The maximum atomic E-state index is 12.8. The van der Waals surface area contributed by atoms with Crippen molar-refractivity contribution < 1.29 is 14.3 Å². The minimum Gasteiger partial charge on any atom is -0.497 e. The minimum absolute atomic E-state index is 0.0235. The van der Waals surface area contributed by atoms with Crippen LogP contribution in [0.3, 0.4) is 0 Å². The van der Waals surface area contributed by atoms with E-state index in [2.05, 4.69) is 10.4 Å². The second-order valence-electron chi connectivity index (χ2n) is 6.36. The number of hydrogen-bond donors (Lipinski definition) is 1. The van der Waals surface area contributed by atoms with E-state index in [-0.39, 0.29) is 5.92 Å². The lowest BCUT2D eigenvalue weighted by Gasteiger charge is -2.21. The number of benzene rings is 2. The molecule has 0 spiro atoms. The number of nitrogens with zero attached hydrogens (tertiary/aromatic N) is 2. The zero-order valence-corrected chi connectivity index (χ0v) is 15.0. The number of nitrogens with one attached hydrogen (secondary N) is 1. The van der Waals surface area contributed by atoms with Crippen LogP contribution in [-0.4, -0.2) is 30.3 Å². The number of imide groups is 1. The number of carbonyl (C=O) groups is 2. The first-order chi connectivity index (χ1) is 12.5. The van der Waals surface area contributed by atoms with Gasteiger partial charge in [0.25, 0.3) is 5.91 Å². The lowest BCUT2D eigenvalue weighted by Crippen LogP contribution is -2.40. The van der Waals surface area contributed by atoms with Gasteiger partial charge in [-0.1, -0.05) is 49.4 Å². The number of methoxy groups -OCH3 is 1. The van der Waals surface area contributed by atoms with Gasteiger partial charge in [-0.05, 0) is 30.2 Å². The van der Waals surface area contributed by atoms with Gasteiger partial charge in [0.05, 0.1) is 7.11 Å². The quantitative estimate of drug-likeness (QED) is 0.664. The fraction of sp³-hybridized carbons (Fsp3) is 0.250. The first-order valence-electron chi connectivity index (χ1n) is 8.36. The molecule has 1 saturated heterocycles. The van der Waals surface area contributed by atoms with E-state index in [0.717, 1.165) is 10.6 Å². The van der Waals surface area contributed by atoms with Crippen molar-refractivity contribution in [2.75, 3.05) is 7.11 Å². The van der Waals surface area contributed by atoms with E-state index in [1.54, 1.807) is 44.5 Å². The summed E-state index contributed by atoms with van der Waals surface area (Å²) in [5.74, 6) is 0.245. The van der Waals surface area contributed by atoms with E-state index in [1.807, 2.05) is 37.3 Å². The Morgan fingerprint density at radius 3 is 2.38 bits per heavy atom. The first-order valence-corrected chi connectivity index (χ1v) is 8.36. The monoisotopic (exact) mass is 351 g/mol. The predicted octanol–water partition coefficient (Wildman–Crippen LogP) is 3.25. The van der Waals surface area contributed by atoms with Crippen LogP contribution in [-0.2, 0) is 10.3 Å². The van der Waals surface area contributed by atoms with Crippen LogP contribution in [0.2, 0.25) is 0 Å². The first kappa shape index (κ1) is 17.7. The van der Waals surface area contributed by atoms with Crippen molar-refractivity contribution in [2.45, 2.75) is 25.3 Å². The lowest BCUT2D eigenvalue weighted by molar-refractivity contribution is -0.131. The van der Waals surface area contributed by atoms with Crippen molar-refractivity contribution in [3.05, 3.63) is 65.7 Å². The molecule has 3 amide bonds. The van der Waals surface area contributed by atoms with Gasteiger partial charge in [-0.15, -0.1) is 5.01 Å². The Bertz CT molecular complexity index is 833. The SMILES string of the molecule is COc1ccc([C@]2(C)NC(=O)N(/N=C\[C@H](C)c3ccccc3)C2=O)cc1. The highest BCUT2D eigenvalue weighted by Gasteiger charge is 2.49. The van der Waals surface area contributed by atoms with E-state index in [0.29, 0.717) is 11.3 Å². The molecule has 0 radical (unpaired) electrons. The minimum atomic E-state index is -1.16. The lowest BCUT2D eigenvalue weighted by atomic mass is 9.92. The number of hydrazone groups is 1. The van der Waals surface area contributed by atoms with Gasteiger partial charge in [-0.3, -0.25) is 4.79 Å². The van der Waals surface area contributed by atoms with Gasteiger partial charge in [0, 0.05) is 12.1 Å².